The van der Waals surface area contributed by atoms with E-state index in [1.807, 2.05) is 0 Å². The monoisotopic (exact) mass is 242 g/mol. The molecule has 0 unspecified atom stereocenters. The molecule has 2 rings (SSSR count). The molecular formula is C9H14N4O2S. The van der Waals surface area contributed by atoms with E-state index in [2.05, 4.69) is 9.97 Å². The van der Waals surface area contributed by atoms with Crippen LogP contribution in [0, 0.1) is 0 Å². The Morgan fingerprint density at radius 1 is 1.25 bits per heavy atom. The molecule has 1 saturated heterocycles. The van der Waals surface area contributed by atoms with E-state index in [0.29, 0.717) is 18.7 Å². The second kappa shape index (κ2) is 3.89. The van der Waals surface area contributed by atoms with Gasteiger partial charge in [-0.1, -0.05) is 0 Å². The fraction of sp³-hybridized carbons (Fsp3) is 0.556. The van der Waals surface area contributed by atoms with Crippen LogP contribution in [0.5, 0.6) is 0 Å². The number of rotatable bonds is 1. The van der Waals surface area contributed by atoms with Gasteiger partial charge < -0.3 is 11.5 Å². The summed E-state index contributed by atoms with van der Waals surface area (Å²) in [5, 5.41) is 0. The van der Waals surface area contributed by atoms with Gasteiger partial charge in [-0.15, -0.1) is 0 Å². The first-order valence-electron chi connectivity index (χ1n) is 5.06. The topological polar surface area (TPSA) is 112 Å². The van der Waals surface area contributed by atoms with Gasteiger partial charge in [0.15, 0.2) is 0 Å². The molecule has 88 valence electrons. The Labute approximate surface area is 94.0 Å². The number of anilines is 2. The molecule has 0 bridgehead atoms. The molecule has 1 fully saturated rings. The van der Waals surface area contributed by atoms with E-state index < -0.39 is 9.84 Å². The Kier molecular flexibility index (Phi) is 2.71. The van der Waals surface area contributed by atoms with Gasteiger partial charge in [-0.2, -0.15) is 4.98 Å². The average molecular weight is 242 g/mol. The van der Waals surface area contributed by atoms with Gasteiger partial charge >= 0.3 is 0 Å². The predicted octanol–water partition coefficient (Wildman–Crippen LogP) is -0.0668. The molecule has 0 aromatic carbocycles. The average Bonchev–Trinajstić information content (AvgIpc) is 2.19. The van der Waals surface area contributed by atoms with Crippen molar-refractivity contribution < 1.29 is 8.42 Å². The van der Waals surface area contributed by atoms with Crippen LogP contribution in [0.15, 0.2) is 6.20 Å². The fourth-order valence-corrected chi connectivity index (χ4v) is 3.43. The molecule has 0 saturated carbocycles. The Morgan fingerprint density at radius 3 is 2.44 bits per heavy atom. The van der Waals surface area contributed by atoms with Gasteiger partial charge in [0.05, 0.1) is 11.5 Å². The van der Waals surface area contributed by atoms with Crippen molar-refractivity contribution in [2.75, 3.05) is 23.0 Å². The lowest BCUT2D eigenvalue weighted by Gasteiger charge is -2.22. The number of nitrogen functional groups attached to an aromatic ring is 2. The molecule has 0 radical (unpaired) electrons. The molecule has 1 aromatic heterocycles. The van der Waals surface area contributed by atoms with E-state index in [-0.39, 0.29) is 23.4 Å². The summed E-state index contributed by atoms with van der Waals surface area (Å²) >= 11 is 0. The minimum absolute atomic E-state index is 0.129. The van der Waals surface area contributed by atoms with Gasteiger partial charge in [0.1, 0.15) is 15.7 Å². The van der Waals surface area contributed by atoms with Crippen LogP contribution < -0.4 is 11.5 Å². The summed E-state index contributed by atoms with van der Waals surface area (Å²) in [6.45, 7) is 0. The third-order valence-corrected chi connectivity index (χ3v) is 4.58. The maximum Gasteiger partial charge on any atom is 0.221 e. The third-order valence-electron chi connectivity index (χ3n) is 2.86. The van der Waals surface area contributed by atoms with Crippen molar-refractivity contribution >= 4 is 21.6 Å². The smallest absolute Gasteiger partial charge is 0.221 e. The maximum absolute atomic E-state index is 11.3. The van der Waals surface area contributed by atoms with Crippen LogP contribution in [-0.2, 0) is 9.84 Å². The second-order valence-corrected chi connectivity index (χ2v) is 6.30. The minimum atomic E-state index is -2.85. The van der Waals surface area contributed by atoms with E-state index >= 15 is 0 Å². The first-order chi connectivity index (χ1) is 7.48. The summed E-state index contributed by atoms with van der Waals surface area (Å²) in [7, 11) is -2.85. The maximum atomic E-state index is 11.3. The lowest BCUT2D eigenvalue weighted by molar-refractivity contribution is 0.549. The lowest BCUT2D eigenvalue weighted by Crippen LogP contribution is -2.23. The summed E-state index contributed by atoms with van der Waals surface area (Å²) in [6.07, 6.45) is 2.76. The summed E-state index contributed by atoms with van der Waals surface area (Å²) in [4.78, 5) is 7.77. The molecule has 6 nitrogen and oxygen atoms in total. The molecule has 1 aliphatic heterocycles. The summed E-state index contributed by atoms with van der Waals surface area (Å²) in [5.41, 5.74) is 12.0. The molecule has 0 atom stereocenters. The quantitative estimate of drug-likeness (QED) is 0.713. The summed E-state index contributed by atoms with van der Waals surface area (Å²) in [6, 6.07) is 0. The van der Waals surface area contributed by atoms with Gasteiger partial charge in [0, 0.05) is 11.8 Å². The van der Waals surface area contributed by atoms with E-state index in [4.69, 9.17) is 11.5 Å². The van der Waals surface area contributed by atoms with Gasteiger partial charge in [0.25, 0.3) is 0 Å². The second-order valence-electron chi connectivity index (χ2n) is 3.99. The molecule has 4 N–H and O–H groups in total. The summed E-state index contributed by atoms with van der Waals surface area (Å²) in [5.74, 6) is 1.05. The van der Waals surface area contributed by atoms with E-state index in [1.165, 1.54) is 0 Å². The zero-order valence-electron chi connectivity index (χ0n) is 8.76. The molecule has 0 aliphatic carbocycles. The van der Waals surface area contributed by atoms with Crippen LogP contribution in [0.3, 0.4) is 0 Å². The molecule has 1 aromatic rings. The highest BCUT2D eigenvalue weighted by Crippen LogP contribution is 2.31. The third kappa shape index (κ3) is 2.24. The van der Waals surface area contributed by atoms with Crippen LogP contribution >= 0.6 is 0 Å². The number of aromatic nitrogens is 2. The molecule has 7 heteroatoms. The first kappa shape index (κ1) is 11.1. The van der Waals surface area contributed by atoms with E-state index in [9.17, 15) is 8.42 Å². The Hall–Kier alpha value is -1.37. The van der Waals surface area contributed by atoms with E-state index in [1.54, 1.807) is 6.20 Å². The zero-order chi connectivity index (χ0) is 11.8. The fourth-order valence-electron chi connectivity index (χ4n) is 1.93. The zero-order valence-corrected chi connectivity index (χ0v) is 9.57. The molecule has 2 heterocycles. The molecule has 0 amide bonds. The van der Waals surface area contributed by atoms with Crippen molar-refractivity contribution in [3.8, 4) is 0 Å². The lowest BCUT2D eigenvalue weighted by atomic mass is 9.95. The van der Waals surface area contributed by atoms with Gasteiger partial charge in [-0.25, -0.2) is 13.4 Å². The SMILES string of the molecule is Nc1ncc(C2CCS(=O)(=O)CC2)c(N)n1. The van der Waals surface area contributed by atoms with Crippen molar-refractivity contribution in [2.24, 2.45) is 0 Å². The number of hydrogen-bond donors (Lipinski definition) is 2. The first-order valence-corrected chi connectivity index (χ1v) is 6.88. The number of nitrogens with zero attached hydrogens (tertiary/aromatic N) is 2. The van der Waals surface area contributed by atoms with Crippen molar-refractivity contribution in [3.63, 3.8) is 0 Å². The van der Waals surface area contributed by atoms with Gasteiger partial charge in [0.2, 0.25) is 5.95 Å². The molecule has 16 heavy (non-hydrogen) atoms. The summed E-state index contributed by atoms with van der Waals surface area (Å²) < 4.78 is 22.6. The van der Waals surface area contributed by atoms with Crippen molar-refractivity contribution in [2.45, 2.75) is 18.8 Å². The van der Waals surface area contributed by atoms with Crippen molar-refractivity contribution in [3.05, 3.63) is 11.8 Å². The number of nitrogens with two attached hydrogens (primary N) is 2. The van der Waals surface area contributed by atoms with Crippen LogP contribution in [0.1, 0.15) is 24.3 Å². The molecule has 0 spiro atoms. The Morgan fingerprint density at radius 2 is 1.88 bits per heavy atom. The van der Waals surface area contributed by atoms with Crippen LogP contribution in [0.2, 0.25) is 0 Å². The van der Waals surface area contributed by atoms with Crippen LogP contribution in [0.25, 0.3) is 0 Å². The van der Waals surface area contributed by atoms with Crippen molar-refractivity contribution in [1.82, 2.24) is 9.97 Å². The highest BCUT2D eigenvalue weighted by Gasteiger charge is 2.26. The van der Waals surface area contributed by atoms with Gasteiger partial charge in [-0.05, 0) is 18.8 Å². The largest absolute Gasteiger partial charge is 0.383 e. The van der Waals surface area contributed by atoms with Gasteiger partial charge in [-0.3, -0.25) is 0 Å². The normalized spacial score (nSPS) is 20.8. The molecular weight excluding hydrogens is 228 g/mol. The van der Waals surface area contributed by atoms with E-state index in [0.717, 1.165) is 5.56 Å². The number of sulfone groups is 1. The Bertz CT molecular complexity index is 486. The Balaban J connectivity index is 2.20. The standard InChI is InChI=1S/C9H14N4O2S/c10-8-7(5-12-9(11)13-8)6-1-3-16(14,15)4-2-6/h5-6H,1-4H2,(H4,10,11,12,13). The van der Waals surface area contributed by atoms with Crippen LogP contribution in [0.4, 0.5) is 11.8 Å². The highest BCUT2D eigenvalue weighted by atomic mass is 32.2. The highest BCUT2D eigenvalue weighted by molar-refractivity contribution is 7.91. The van der Waals surface area contributed by atoms with Crippen LogP contribution in [-0.4, -0.2) is 29.9 Å². The van der Waals surface area contributed by atoms with Crippen molar-refractivity contribution in [1.29, 1.82) is 0 Å². The predicted molar refractivity (Wildman–Crippen MR) is 61.5 cm³/mol. The number of hydrogen-bond acceptors (Lipinski definition) is 6. The molecule has 1 aliphatic rings. The minimum Gasteiger partial charge on any atom is -0.383 e.